The number of aryl methyl sites for hydroxylation is 1. The molecule has 6 heteroatoms. The smallest absolute Gasteiger partial charge is 0.308 e. The van der Waals surface area contributed by atoms with E-state index < -0.39 is 5.97 Å². The molecule has 0 atom stereocenters. The van der Waals surface area contributed by atoms with Crippen LogP contribution in [0.5, 0.6) is 5.75 Å². The Bertz CT molecular complexity index is 888. The van der Waals surface area contributed by atoms with Gasteiger partial charge in [0, 0.05) is 10.4 Å². The lowest BCUT2D eigenvalue weighted by molar-refractivity contribution is -0.136. The Morgan fingerprint density at radius 2 is 1.92 bits per heavy atom. The molecule has 3 aromatic rings. The summed E-state index contributed by atoms with van der Waals surface area (Å²) in [6.07, 6.45) is -0.0610. The second-order valence-electron chi connectivity index (χ2n) is 5.55. The molecule has 0 amide bonds. The van der Waals surface area contributed by atoms with E-state index in [2.05, 4.69) is 10.3 Å². The minimum atomic E-state index is -0.874. The number of ether oxygens (including phenoxy) is 1. The Kier molecular flexibility index (Phi) is 5.00. The summed E-state index contributed by atoms with van der Waals surface area (Å²) in [7, 11) is 1.61. The normalized spacial score (nSPS) is 10.5. The lowest BCUT2D eigenvalue weighted by atomic mass is 10.1. The zero-order chi connectivity index (χ0) is 17.8. The molecule has 0 aliphatic heterocycles. The topological polar surface area (TPSA) is 71.5 Å². The number of rotatable bonds is 6. The summed E-state index contributed by atoms with van der Waals surface area (Å²) in [5.74, 6) is -0.171. The van der Waals surface area contributed by atoms with Crippen molar-refractivity contribution >= 4 is 28.1 Å². The summed E-state index contributed by atoms with van der Waals surface area (Å²) in [6, 6.07) is 15.4. The van der Waals surface area contributed by atoms with Crippen LogP contribution < -0.4 is 10.1 Å². The number of hydrogen-bond acceptors (Lipinski definition) is 5. The first-order chi connectivity index (χ1) is 12.1. The molecule has 1 aromatic heterocycles. The molecule has 1 heterocycles. The SMILES string of the molecule is COc1ccccc1Nc1nc(-c2ccc(C)cc2)c(CC(=O)O)s1. The number of hydrogen-bond donors (Lipinski definition) is 2. The molecule has 0 saturated heterocycles. The van der Waals surface area contributed by atoms with Gasteiger partial charge in [-0.05, 0) is 19.1 Å². The predicted molar refractivity (Wildman–Crippen MR) is 99.9 cm³/mol. The number of para-hydroxylation sites is 2. The Morgan fingerprint density at radius 3 is 2.60 bits per heavy atom. The predicted octanol–water partition coefficient (Wildman–Crippen LogP) is 4.50. The molecular weight excluding hydrogens is 336 g/mol. The fourth-order valence-electron chi connectivity index (χ4n) is 2.46. The molecule has 0 bridgehead atoms. The van der Waals surface area contributed by atoms with E-state index in [4.69, 9.17) is 4.74 Å². The number of aromatic nitrogens is 1. The van der Waals surface area contributed by atoms with Gasteiger partial charge in [-0.2, -0.15) is 0 Å². The second kappa shape index (κ2) is 7.36. The lowest BCUT2D eigenvalue weighted by Gasteiger charge is -2.08. The van der Waals surface area contributed by atoms with Crippen LogP contribution in [-0.4, -0.2) is 23.2 Å². The van der Waals surface area contributed by atoms with E-state index in [1.165, 1.54) is 11.3 Å². The maximum absolute atomic E-state index is 11.2. The van der Waals surface area contributed by atoms with Crippen molar-refractivity contribution in [2.24, 2.45) is 0 Å². The van der Waals surface area contributed by atoms with Crippen molar-refractivity contribution in [2.75, 3.05) is 12.4 Å². The highest BCUT2D eigenvalue weighted by Gasteiger charge is 2.16. The third-order valence-corrected chi connectivity index (χ3v) is 4.65. The van der Waals surface area contributed by atoms with E-state index in [1.54, 1.807) is 7.11 Å². The molecule has 5 nitrogen and oxygen atoms in total. The van der Waals surface area contributed by atoms with E-state index in [0.29, 0.717) is 21.5 Å². The van der Waals surface area contributed by atoms with Crippen molar-refractivity contribution in [2.45, 2.75) is 13.3 Å². The van der Waals surface area contributed by atoms with E-state index in [0.717, 1.165) is 16.8 Å². The second-order valence-corrected chi connectivity index (χ2v) is 6.64. The fraction of sp³-hybridized carbons (Fsp3) is 0.158. The highest BCUT2D eigenvalue weighted by molar-refractivity contribution is 7.16. The van der Waals surface area contributed by atoms with Crippen LogP contribution in [0.2, 0.25) is 0 Å². The summed E-state index contributed by atoms with van der Waals surface area (Å²) >= 11 is 1.34. The minimum absolute atomic E-state index is 0.0610. The molecule has 0 unspecified atom stereocenters. The van der Waals surface area contributed by atoms with Crippen molar-refractivity contribution in [1.82, 2.24) is 4.98 Å². The number of thiazole rings is 1. The number of nitrogens with one attached hydrogen (secondary N) is 1. The third kappa shape index (κ3) is 3.97. The Balaban J connectivity index is 1.98. The molecular formula is C19H18N2O3S. The molecule has 0 aliphatic rings. The van der Waals surface area contributed by atoms with Gasteiger partial charge in [0.05, 0.1) is 24.9 Å². The summed E-state index contributed by atoms with van der Waals surface area (Å²) in [4.78, 5) is 16.6. The highest BCUT2D eigenvalue weighted by Crippen LogP contribution is 2.35. The maximum atomic E-state index is 11.2. The average Bonchev–Trinajstić information content (AvgIpc) is 2.97. The zero-order valence-corrected chi connectivity index (χ0v) is 14.8. The van der Waals surface area contributed by atoms with Crippen molar-refractivity contribution in [1.29, 1.82) is 0 Å². The molecule has 0 spiro atoms. The van der Waals surface area contributed by atoms with E-state index in [9.17, 15) is 9.90 Å². The zero-order valence-electron chi connectivity index (χ0n) is 13.9. The molecule has 128 valence electrons. The number of benzene rings is 2. The molecule has 2 aromatic carbocycles. The number of methoxy groups -OCH3 is 1. The minimum Gasteiger partial charge on any atom is -0.495 e. The van der Waals surface area contributed by atoms with Crippen LogP contribution in [0, 0.1) is 6.92 Å². The Labute approximate surface area is 149 Å². The quantitative estimate of drug-likeness (QED) is 0.682. The first kappa shape index (κ1) is 17.0. The number of carboxylic acid groups (broad SMARTS) is 1. The highest BCUT2D eigenvalue weighted by atomic mass is 32.1. The van der Waals surface area contributed by atoms with Crippen molar-refractivity contribution in [3.8, 4) is 17.0 Å². The summed E-state index contributed by atoms with van der Waals surface area (Å²) < 4.78 is 5.34. The van der Waals surface area contributed by atoms with Gasteiger partial charge in [0.15, 0.2) is 5.13 Å². The van der Waals surface area contributed by atoms with Crippen LogP contribution >= 0.6 is 11.3 Å². The average molecular weight is 354 g/mol. The van der Waals surface area contributed by atoms with E-state index in [-0.39, 0.29) is 6.42 Å². The molecule has 0 aliphatic carbocycles. The van der Waals surface area contributed by atoms with Gasteiger partial charge < -0.3 is 15.2 Å². The van der Waals surface area contributed by atoms with Gasteiger partial charge in [-0.25, -0.2) is 4.98 Å². The van der Waals surface area contributed by atoms with Crippen LogP contribution in [0.1, 0.15) is 10.4 Å². The van der Waals surface area contributed by atoms with Crippen LogP contribution in [0.25, 0.3) is 11.3 Å². The first-order valence-corrected chi connectivity index (χ1v) is 8.57. The fourth-order valence-corrected chi connectivity index (χ4v) is 3.45. The number of aliphatic carboxylic acids is 1. The first-order valence-electron chi connectivity index (χ1n) is 7.75. The van der Waals surface area contributed by atoms with Crippen molar-refractivity contribution in [3.63, 3.8) is 0 Å². The molecule has 0 saturated carbocycles. The largest absolute Gasteiger partial charge is 0.495 e. The van der Waals surface area contributed by atoms with Crippen LogP contribution in [0.15, 0.2) is 48.5 Å². The van der Waals surface area contributed by atoms with Crippen molar-refractivity contribution < 1.29 is 14.6 Å². The maximum Gasteiger partial charge on any atom is 0.308 e. The van der Waals surface area contributed by atoms with Crippen LogP contribution in [0.3, 0.4) is 0 Å². The standard InChI is InChI=1S/C19H18N2O3S/c1-12-7-9-13(10-8-12)18-16(11-17(22)23)25-19(21-18)20-14-5-3-4-6-15(14)24-2/h3-10H,11H2,1-2H3,(H,20,21)(H,22,23). The van der Waals surface area contributed by atoms with Gasteiger partial charge in [0.1, 0.15) is 5.75 Å². The number of carboxylic acids is 1. The molecule has 0 radical (unpaired) electrons. The van der Waals surface area contributed by atoms with Gasteiger partial charge in [0.2, 0.25) is 0 Å². The van der Waals surface area contributed by atoms with Gasteiger partial charge in [-0.15, -0.1) is 11.3 Å². The number of carbonyl (C=O) groups is 1. The lowest BCUT2D eigenvalue weighted by Crippen LogP contribution is -1.99. The van der Waals surface area contributed by atoms with E-state index >= 15 is 0 Å². The van der Waals surface area contributed by atoms with Gasteiger partial charge >= 0.3 is 5.97 Å². The summed E-state index contributed by atoms with van der Waals surface area (Å²) in [6.45, 7) is 2.01. The summed E-state index contributed by atoms with van der Waals surface area (Å²) in [5, 5.41) is 13.1. The van der Waals surface area contributed by atoms with E-state index in [1.807, 2.05) is 55.5 Å². The Hall–Kier alpha value is -2.86. The Morgan fingerprint density at radius 1 is 1.20 bits per heavy atom. The number of nitrogens with zero attached hydrogens (tertiary/aromatic N) is 1. The van der Waals surface area contributed by atoms with Crippen LogP contribution in [-0.2, 0) is 11.2 Å². The molecule has 25 heavy (non-hydrogen) atoms. The molecule has 3 rings (SSSR count). The van der Waals surface area contributed by atoms with Gasteiger partial charge in [-0.3, -0.25) is 4.79 Å². The molecule has 0 fully saturated rings. The third-order valence-electron chi connectivity index (χ3n) is 3.68. The van der Waals surface area contributed by atoms with Crippen LogP contribution in [0.4, 0.5) is 10.8 Å². The van der Waals surface area contributed by atoms with Crippen molar-refractivity contribution in [3.05, 3.63) is 59.0 Å². The monoisotopic (exact) mass is 354 g/mol. The molecule has 2 N–H and O–H groups in total. The van der Waals surface area contributed by atoms with Gasteiger partial charge in [0.25, 0.3) is 0 Å². The number of anilines is 2. The summed E-state index contributed by atoms with van der Waals surface area (Å²) in [5.41, 5.74) is 3.54. The van der Waals surface area contributed by atoms with Gasteiger partial charge in [-0.1, -0.05) is 42.0 Å².